The van der Waals surface area contributed by atoms with Gasteiger partial charge in [-0.1, -0.05) is 6.42 Å². The molecule has 0 aliphatic carbocycles. The molecular formula is C14H19N3O2. The Morgan fingerprint density at radius 3 is 3.11 bits per heavy atom. The lowest BCUT2D eigenvalue weighted by Crippen LogP contribution is -2.42. The number of nitrogens with zero attached hydrogens (tertiary/aromatic N) is 1. The molecule has 2 aromatic rings. The maximum Gasteiger partial charge on any atom is 0.417 e. The number of aromatic amines is 1. The van der Waals surface area contributed by atoms with Gasteiger partial charge in [-0.3, -0.25) is 4.98 Å². The van der Waals surface area contributed by atoms with E-state index in [-0.39, 0.29) is 0 Å². The first kappa shape index (κ1) is 12.3. The highest BCUT2D eigenvalue weighted by Crippen LogP contribution is 2.20. The summed E-state index contributed by atoms with van der Waals surface area (Å²) in [6.07, 6.45) is 3.81. The van der Waals surface area contributed by atoms with E-state index in [9.17, 15) is 4.79 Å². The Bertz CT molecular complexity index is 610. The largest absolute Gasteiger partial charge is 0.417 e. The molecule has 1 atom stereocenters. The number of benzene rings is 1. The maximum absolute atomic E-state index is 11.1. The average molecular weight is 261 g/mol. The van der Waals surface area contributed by atoms with Crippen molar-refractivity contribution in [3.05, 3.63) is 28.7 Å². The molecule has 5 heteroatoms. The Hall–Kier alpha value is -1.75. The summed E-state index contributed by atoms with van der Waals surface area (Å²) in [6, 6.07) is 6.36. The van der Waals surface area contributed by atoms with Gasteiger partial charge >= 0.3 is 5.76 Å². The number of hydrogen-bond acceptors (Lipinski definition) is 4. The molecule has 1 fully saturated rings. The van der Waals surface area contributed by atoms with E-state index >= 15 is 0 Å². The maximum atomic E-state index is 11.1. The van der Waals surface area contributed by atoms with Gasteiger partial charge in [0.25, 0.3) is 0 Å². The number of likely N-dealkylation sites (N-methyl/N-ethyl adjacent to an activating group) is 1. The topological polar surface area (TPSA) is 61.3 Å². The minimum Gasteiger partial charge on any atom is -0.408 e. The number of anilines is 1. The first-order valence-electron chi connectivity index (χ1n) is 6.80. The van der Waals surface area contributed by atoms with Crippen LogP contribution in [-0.4, -0.2) is 31.2 Å². The van der Waals surface area contributed by atoms with E-state index < -0.39 is 5.76 Å². The fraction of sp³-hybridized carbons (Fsp3) is 0.500. The van der Waals surface area contributed by atoms with E-state index in [1.165, 1.54) is 19.3 Å². The van der Waals surface area contributed by atoms with Crippen LogP contribution in [0.15, 0.2) is 27.4 Å². The predicted octanol–water partition coefficient (Wildman–Crippen LogP) is 1.70. The Labute approximate surface area is 111 Å². The second-order valence-electron chi connectivity index (χ2n) is 5.22. The summed E-state index contributed by atoms with van der Waals surface area (Å²) in [6.45, 7) is 2.09. The minimum absolute atomic E-state index is 0.399. The third-order valence-corrected chi connectivity index (χ3v) is 3.75. The fourth-order valence-electron chi connectivity index (χ4n) is 2.69. The third kappa shape index (κ3) is 2.66. The molecule has 1 saturated heterocycles. The van der Waals surface area contributed by atoms with Crippen LogP contribution in [0.5, 0.6) is 0 Å². The molecule has 0 spiro atoms. The first-order chi connectivity index (χ1) is 9.22. The lowest BCUT2D eigenvalue weighted by molar-refractivity contribution is 0.403. The van der Waals surface area contributed by atoms with E-state index in [1.807, 2.05) is 18.2 Å². The van der Waals surface area contributed by atoms with Gasteiger partial charge in [0.1, 0.15) is 0 Å². The molecule has 19 heavy (non-hydrogen) atoms. The molecule has 1 aromatic heterocycles. The number of H-pyrrole nitrogens is 1. The molecule has 2 heterocycles. The van der Waals surface area contributed by atoms with Crippen LogP contribution in [0.4, 0.5) is 5.69 Å². The number of oxazole rings is 1. The highest BCUT2D eigenvalue weighted by Gasteiger charge is 2.15. The molecule has 1 aliphatic heterocycles. The van der Waals surface area contributed by atoms with Gasteiger partial charge in [-0.25, -0.2) is 4.79 Å². The van der Waals surface area contributed by atoms with E-state index in [0.717, 1.165) is 24.3 Å². The first-order valence-corrected chi connectivity index (χ1v) is 6.80. The molecule has 3 rings (SSSR count). The highest BCUT2D eigenvalue weighted by atomic mass is 16.4. The van der Waals surface area contributed by atoms with Gasteiger partial charge in [-0.15, -0.1) is 0 Å². The normalized spacial score (nSPS) is 19.7. The van der Waals surface area contributed by atoms with Gasteiger partial charge in [0.15, 0.2) is 5.58 Å². The molecule has 0 bridgehead atoms. The summed E-state index contributed by atoms with van der Waals surface area (Å²) < 4.78 is 5.10. The van der Waals surface area contributed by atoms with Gasteiger partial charge in [0.2, 0.25) is 0 Å². The number of aromatic nitrogens is 1. The molecule has 0 saturated carbocycles. The molecule has 1 aromatic carbocycles. The summed E-state index contributed by atoms with van der Waals surface area (Å²) >= 11 is 0. The SMILES string of the molecule is CN(CC1CCCCN1)c1ccc2[nH]c(=O)oc2c1. The van der Waals surface area contributed by atoms with Crippen molar-refractivity contribution >= 4 is 16.8 Å². The number of rotatable bonds is 3. The number of piperidine rings is 1. The van der Waals surface area contributed by atoms with Crippen LogP contribution in [-0.2, 0) is 0 Å². The monoisotopic (exact) mass is 261 g/mol. The lowest BCUT2D eigenvalue weighted by Gasteiger charge is -2.29. The molecule has 5 nitrogen and oxygen atoms in total. The van der Waals surface area contributed by atoms with Crippen LogP contribution in [0.25, 0.3) is 11.1 Å². The highest BCUT2D eigenvalue weighted by molar-refractivity contribution is 5.77. The van der Waals surface area contributed by atoms with Crippen molar-refractivity contribution in [3.8, 4) is 0 Å². The van der Waals surface area contributed by atoms with Gasteiger partial charge in [-0.05, 0) is 31.5 Å². The molecule has 0 amide bonds. The summed E-state index contributed by atoms with van der Waals surface area (Å²) in [5, 5.41) is 3.54. The quantitative estimate of drug-likeness (QED) is 0.883. The van der Waals surface area contributed by atoms with Gasteiger partial charge in [0.05, 0.1) is 5.52 Å². The van der Waals surface area contributed by atoms with E-state index in [4.69, 9.17) is 4.42 Å². The molecular weight excluding hydrogens is 242 g/mol. The van der Waals surface area contributed by atoms with Crippen molar-refractivity contribution in [1.82, 2.24) is 10.3 Å². The second kappa shape index (κ2) is 5.09. The number of fused-ring (bicyclic) bond motifs is 1. The van der Waals surface area contributed by atoms with Crippen molar-refractivity contribution in [3.63, 3.8) is 0 Å². The van der Waals surface area contributed by atoms with E-state index in [2.05, 4.69) is 22.2 Å². The van der Waals surface area contributed by atoms with Crippen LogP contribution >= 0.6 is 0 Å². The van der Waals surface area contributed by atoms with Crippen molar-refractivity contribution in [2.24, 2.45) is 0 Å². The van der Waals surface area contributed by atoms with Gasteiger partial charge in [0, 0.05) is 31.4 Å². The van der Waals surface area contributed by atoms with Crippen LogP contribution in [0.1, 0.15) is 19.3 Å². The number of nitrogens with one attached hydrogen (secondary N) is 2. The van der Waals surface area contributed by atoms with Gasteiger partial charge < -0.3 is 14.6 Å². The number of hydrogen-bond donors (Lipinski definition) is 2. The van der Waals surface area contributed by atoms with Crippen LogP contribution in [0.3, 0.4) is 0 Å². The second-order valence-corrected chi connectivity index (χ2v) is 5.22. The summed E-state index contributed by atoms with van der Waals surface area (Å²) in [7, 11) is 2.07. The van der Waals surface area contributed by atoms with Gasteiger partial charge in [-0.2, -0.15) is 0 Å². The lowest BCUT2D eigenvalue weighted by atomic mass is 10.0. The van der Waals surface area contributed by atoms with Crippen molar-refractivity contribution in [2.45, 2.75) is 25.3 Å². The summed E-state index contributed by atoms with van der Waals surface area (Å²) in [4.78, 5) is 16.0. The predicted molar refractivity (Wildman–Crippen MR) is 75.7 cm³/mol. The van der Waals surface area contributed by atoms with E-state index in [1.54, 1.807) is 0 Å². The average Bonchev–Trinajstić information content (AvgIpc) is 2.78. The van der Waals surface area contributed by atoms with Crippen molar-refractivity contribution in [2.75, 3.05) is 25.0 Å². The Kier molecular flexibility index (Phi) is 3.29. The standard InChI is InChI=1S/C14H19N3O2/c1-17(9-10-4-2-3-7-15-10)11-5-6-12-13(8-11)19-14(18)16-12/h5-6,8,10,15H,2-4,7,9H2,1H3,(H,16,18). The fourth-order valence-corrected chi connectivity index (χ4v) is 2.69. The van der Waals surface area contributed by atoms with Crippen LogP contribution in [0.2, 0.25) is 0 Å². The Morgan fingerprint density at radius 2 is 2.32 bits per heavy atom. The molecule has 1 unspecified atom stereocenters. The molecule has 2 N–H and O–H groups in total. The van der Waals surface area contributed by atoms with Crippen molar-refractivity contribution in [1.29, 1.82) is 0 Å². The zero-order valence-corrected chi connectivity index (χ0v) is 11.1. The summed E-state index contributed by atoms with van der Waals surface area (Å²) in [5.74, 6) is -0.399. The van der Waals surface area contributed by atoms with Crippen LogP contribution < -0.4 is 16.0 Å². The Morgan fingerprint density at radius 1 is 1.42 bits per heavy atom. The molecule has 0 radical (unpaired) electrons. The minimum atomic E-state index is -0.399. The zero-order valence-electron chi connectivity index (χ0n) is 11.1. The molecule has 102 valence electrons. The van der Waals surface area contributed by atoms with E-state index in [0.29, 0.717) is 11.6 Å². The Balaban J connectivity index is 1.76. The van der Waals surface area contributed by atoms with Crippen molar-refractivity contribution < 1.29 is 4.42 Å². The third-order valence-electron chi connectivity index (χ3n) is 3.75. The van der Waals surface area contributed by atoms with Crippen LogP contribution in [0, 0.1) is 0 Å². The molecule has 1 aliphatic rings. The summed E-state index contributed by atoms with van der Waals surface area (Å²) in [5.41, 5.74) is 2.44. The zero-order chi connectivity index (χ0) is 13.2. The smallest absolute Gasteiger partial charge is 0.408 e.